The molecule has 6 unspecified atom stereocenters. The number of alkyl halides is 1. The van der Waals surface area contributed by atoms with Gasteiger partial charge in [0.25, 0.3) is 0 Å². The zero-order valence-corrected chi connectivity index (χ0v) is 33.2. The molecule has 6 aliphatic rings. The third-order valence-electron chi connectivity index (χ3n) is 11.9. The Hall–Kier alpha value is -3.00. The zero-order valence-electron chi connectivity index (χ0n) is 31.6. The fourth-order valence-corrected chi connectivity index (χ4v) is 10.1. The van der Waals surface area contributed by atoms with E-state index in [0.717, 1.165) is 24.2 Å². The molecule has 0 amide bonds. The molecule has 3 heterocycles. The maximum Gasteiger partial charge on any atom is 0.180 e. The summed E-state index contributed by atoms with van der Waals surface area (Å²) >= 11 is 3.18. The van der Waals surface area contributed by atoms with Crippen LogP contribution in [0.5, 0.6) is 0 Å². The van der Waals surface area contributed by atoms with E-state index in [0.29, 0.717) is 66.7 Å². The lowest BCUT2D eigenvalue weighted by Crippen LogP contribution is -2.14. The van der Waals surface area contributed by atoms with Gasteiger partial charge in [-0.15, -0.1) is 0 Å². The molecule has 6 aliphatic carbocycles. The van der Waals surface area contributed by atoms with Crippen molar-refractivity contribution < 1.29 is 28.6 Å². The Morgan fingerprint density at radius 3 is 1.79 bits per heavy atom. The number of ketones is 3. The van der Waals surface area contributed by atoms with E-state index in [1.807, 2.05) is 9.36 Å². The van der Waals surface area contributed by atoms with Crippen LogP contribution in [0.4, 0.5) is 0 Å². The van der Waals surface area contributed by atoms with Crippen LogP contribution in [-0.4, -0.2) is 93.6 Å². The maximum absolute atomic E-state index is 11.8. The molecule has 6 bridgehead atoms. The standard InChI is InChI=1S/2C13H18N2O2.C10H12N2O.C3H7BrO/c1-8(16)13-11-9-3-4-10(7-9)12(11)14-15(13)5-6-17-2;1-8(16)12-11-9-3-4-10(7-9)13(11)15(14-12)5-6-17-2;1-5(13)9-8-6-2-3-7(4-6)10(8)12-11-9;1-5-3-2-4/h2*9-10H,3-7H2,1-2H3;6-7H,2-4H2,1H3,(H,11,12);2-3H2,1H3. The van der Waals surface area contributed by atoms with Gasteiger partial charge in [0.2, 0.25) is 0 Å². The molecule has 0 aromatic carbocycles. The molecule has 12 nitrogen and oxygen atoms in total. The number of H-pyrrole nitrogens is 1. The fraction of sp³-hybridized carbons (Fsp3) is 0.692. The second-order valence-electron chi connectivity index (χ2n) is 15.1. The van der Waals surface area contributed by atoms with Crippen LogP contribution in [0.25, 0.3) is 0 Å². The van der Waals surface area contributed by atoms with Crippen LogP contribution in [0.3, 0.4) is 0 Å². The van der Waals surface area contributed by atoms with Gasteiger partial charge in [-0.3, -0.25) is 28.8 Å². The number of carbonyl (C=O) groups excluding carboxylic acids is 3. The van der Waals surface area contributed by atoms with Crippen LogP contribution in [-0.2, 0) is 27.3 Å². The number of carbonyl (C=O) groups is 3. The Bertz CT molecular complexity index is 1760. The molecular formula is C39H55BrN6O6. The van der Waals surface area contributed by atoms with Crippen LogP contribution >= 0.6 is 15.9 Å². The van der Waals surface area contributed by atoms with Crippen molar-refractivity contribution in [1.29, 1.82) is 0 Å². The molecule has 0 aliphatic heterocycles. The SMILES string of the molecule is CC(=O)c1n[nH]c2c1C1CCC2C1.COCCBr.COCCn1nc(C(C)=O)c2c1C1CCC2C1.COCCn1nc2c(c1C(C)=O)C1CCC2C1. The Kier molecular flexibility index (Phi) is 12.6. The Morgan fingerprint density at radius 1 is 0.654 bits per heavy atom. The molecular weight excluding hydrogens is 728 g/mol. The number of hydrogen-bond acceptors (Lipinski definition) is 9. The minimum absolute atomic E-state index is 0.102. The number of nitrogens with zero attached hydrogens (tertiary/aromatic N) is 5. The number of fused-ring (bicyclic) bond motifs is 15. The van der Waals surface area contributed by atoms with Gasteiger partial charge < -0.3 is 14.2 Å². The lowest BCUT2D eigenvalue weighted by molar-refractivity contribution is 0.0991. The zero-order chi connectivity index (χ0) is 37.1. The number of Topliss-reactive ketones (excluding diaryl/α,β-unsaturated/α-hetero) is 3. The number of ether oxygens (including phenoxy) is 3. The molecule has 6 atom stereocenters. The fourth-order valence-electron chi connectivity index (χ4n) is 9.76. The highest BCUT2D eigenvalue weighted by atomic mass is 79.9. The Morgan fingerprint density at radius 2 is 1.19 bits per heavy atom. The molecule has 3 aromatic heterocycles. The highest BCUT2D eigenvalue weighted by Gasteiger charge is 2.44. The van der Waals surface area contributed by atoms with Gasteiger partial charge >= 0.3 is 0 Å². The average molecular weight is 784 g/mol. The highest BCUT2D eigenvalue weighted by molar-refractivity contribution is 9.09. The van der Waals surface area contributed by atoms with E-state index in [4.69, 9.17) is 9.47 Å². The summed E-state index contributed by atoms with van der Waals surface area (Å²) in [5.74, 6) is 4.05. The first-order valence-corrected chi connectivity index (χ1v) is 20.1. The molecule has 0 radical (unpaired) electrons. The van der Waals surface area contributed by atoms with Crippen LogP contribution < -0.4 is 0 Å². The topological polar surface area (TPSA) is 143 Å². The van der Waals surface area contributed by atoms with Gasteiger partial charge in [-0.2, -0.15) is 15.3 Å². The number of halogens is 1. The summed E-state index contributed by atoms with van der Waals surface area (Å²) in [7, 11) is 5.05. The third kappa shape index (κ3) is 7.52. The van der Waals surface area contributed by atoms with Gasteiger partial charge in [-0.1, -0.05) is 15.9 Å². The van der Waals surface area contributed by atoms with Crippen molar-refractivity contribution in [2.45, 2.75) is 127 Å². The molecule has 0 spiro atoms. The van der Waals surface area contributed by atoms with Crippen molar-refractivity contribution in [2.24, 2.45) is 0 Å². The van der Waals surface area contributed by atoms with Gasteiger partial charge in [0.1, 0.15) is 17.1 Å². The van der Waals surface area contributed by atoms with Crippen LogP contribution in [0.1, 0.15) is 179 Å². The smallest absolute Gasteiger partial charge is 0.180 e. The molecule has 52 heavy (non-hydrogen) atoms. The van der Waals surface area contributed by atoms with E-state index in [-0.39, 0.29) is 17.3 Å². The summed E-state index contributed by atoms with van der Waals surface area (Å²) < 4.78 is 18.7. The number of methoxy groups -OCH3 is 3. The quantitative estimate of drug-likeness (QED) is 0.158. The van der Waals surface area contributed by atoms with Crippen LogP contribution in [0.15, 0.2) is 0 Å². The largest absolute Gasteiger partial charge is 0.384 e. The second-order valence-corrected chi connectivity index (χ2v) is 15.9. The summed E-state index contributed by atoms with van der Waals surface area (Å²) in [5, 5.41) is 17.2. The summed E-state index contributed by atoms with van der Waals surface area (Å²) in [6, 6.07) is 0. The van der Waals surface area contributed by atoms with Crippen molar-refractivity contribution in [2.75, 3.05) is 46.5 Å². The summed E-state index contributed by atoms with van der Waals surface area (Å²) in [6.07, 6.45) is 11.2. The predicted octanol–water partition coefficient (Wildman–Crippen LogP) is 7.20. The van der Waals surface area contributed by atoms with Crippen molar-refractivity contribution in [3.8, 4) is 0 Å². The van der Waals surface area contributed by atoms with Gasteiger partial charge in [0.05, 0.1) is 38.6 Å². The highest BCUT2D eigenvalue weighted by Crippen LogP contribution is 2.55. The van der Waals surface area contributed by atoms with Crippen molar-refractivity contribution in [1.82, 2.24) is 29.8 Å². The van der Waals surface area contributed by atoms with Crippen molar-refractivity contribution >= 4 is 33.3 Å². The minimum Gasteiger partial charge on any atom is -0.384 e. The van der Waals surface area contributed by atoms with E-state index in [1.165, 1.54) is 91.6 Å². The Balaban J connectivity index is 0.000000127. The lowest BCUT2D eigenvalue weighted by Gasteiger charge is -2.13. The first-order valence-electron chi connectivity index (χ1n) is 19.0. The molecule has 284 valence electrons. The predicted molar refractivity (Wildman–Crippen MR) is 200 cm³/mol. The lowest BCUT2D eigenvalue weighted by atomic mass is 9.94. The molecule has 3 saturated carbocycles. The second kappa shape index (κ2) is 17.0. The molecule has 3 aromatic rings. The number of aromatic amines is 1. The molecule has 3 fully saturated rings. The summed E-state index contributed by atoms with van der Waals surface area (Å²) in [4.78, 5) is 34.7. The minimum atomic E-state index is 0.102. The van der Waals surface area contributed by atoms with Crippen LogP contribution in [0, 0.1) is 0 Å². The normalized spacial score (nSPS) is 24.7. The van der Waals surface area contributed by atoms with Gasteiger partial charge in [-0.05, 0) is 75.5 Å². The molecule has 9 rings (SSSR count). The van der Waals surface area contributed by atoms with Crippen LogP contribution in [0.2, 0.25) is 0 Å². The molecule has 13 heteroatoms. The summed E-state index contributed by atoms with van der Waals surface area (Å²) in [5.41, 5.74) is 9.76. The van der Waals surface area contributed by atoms with E-state index >= 15 is 0 Å². The van der Waals surface area contributed by atoms with Crippen molar-refractivity contribution in [3.05, 3.63) is 50.9 Å². The number of hydrogen-bond donors (Lipinski definition) is 1. The van der Waals surface area contributed by atoms with Crippen molar-refractivity contribution in [3.63, 3.8) is 0 Å². The monoisotopic (exact) mass is 782 g/mol. The third-order valence-corrected chi connectivity index (χ3v) is 12.2. The number of nitrogens with one attached hydrogen (secondary N) is 1. The molecule has 0 saturated heterocycles. The van der Waals surface area contributed by atoms with Gasteiger partial charge in [-0.25, -0.2) is 0 Å². The van der Waals surface area contributed by atoms with E-state index < -0.39 is 0 Å². The Labute approximate surface area is 315 Å². The van der Waals surface area contributed by atoms with E-state index in [2.05, 4.69) is 41.1 Å². The first kappa shape index (κ1) is 38.7. The average Bonchev–Trinajstić information content (AvgIpc) is 3.97. The number of aromatic nitrogens is 6. The van der Waals surface area contributed by atoms with E-state index in [1.54, 1.807) is 42.1 Å². The first-order chi connectivity index (χ1) is 25.1. The maximum atomic E-state index is 11.8. The van der Waals surface area contributed by atoms with E-state index in [9.17, 15) is 14.4 Å². The number of rotatable bonds is 11. The summed E-state index contributed by atoms with van der Waals surface area (Å²) in [6.45, 7) is 8.37. The van der Waals surface area contributed by atoms with Gasteiger partial charge in [0.15, 0.2) is 17.3 Å². The molecule has 1 N–H and O–H groups in total. The van der Waals surface area contributed by atoms with Gasteiger partial charge in [0, 0.05) is 93.3 Å².